The number of fused-ring (bicyclic) bond motifs is 1. The van der Waals surface area contributed by atoms with Crippen molar-refractivity contribution in [3.63, 3.8) is 0 Å². The lowest BCUT2D eigenvalue weighted by Crippen LogP contribution is -2.39. The maximum atomic E-state index is 12.0. The summed E-state index contributed by atoms with van der Waals surface area (Å²) in [5.41, 5.74) is 16.5. The molecule has 30 heavy (non-hydrogen) atoms. The molecule has 0 radical (unpaired) electrons. The zero-order valence-electron chi connectivity index (χ0n) is 17.7. The number of rotatable bonds is 6. The van der Waals surface area contributed by atoms with E-state index in [1.54, 1.807) is 6.08 Å². The maximum Gasteiger partial charge on any atom is 0.251 e. The number of allylic oxidation sites excluding steroid dienone is 4. The van der Waals surface area contributed by atoms with Crippen molar-refractivity contribution in [3.8, 4) is 0 Å². The molecule has 6 N–H and O–H groups in total. The van der Waals surface area contributed by atoms with Gasteiger partial charge >= 0.3 is 0 Å². The minimum Gasteiger partial charge on any atom is -0.399 e. The lowest BCUT2D eigenvalue weighted by atomic mass is 10.0. The van der Waals surface area contributed by atoms with Crippen molar-refractivity contribution in [2.75, 3.05) is 27.2 Å². The smallest absolute Gasteiger partial charge is 0.251 e. The average Bonchev–Trinajstić information content (AvgIpc) is 2.70. The molecule has 0 aliphatic carbocycles. The Kier molecular flexibility index (Phi) is 8.52. The van der Waals surface area contributed by atoms with E-state index in [2.05, 4.69) is 20.2 Å². The van der Waals surface area contributed by atoms with Crippen LogP contribution in [-0.4, -0.2) is 48.3 Å². The number of aromatic amines is 1. The third-order valence-corrected chi connectivity index (χ3v) is 4.44. The van der Waals surface area contributed by atoms with E-state index < -0.39 is 0 Å². The number of hydrogen-bond acceptors (Lipinski definition) is 7. The third-order valence-electron chi connectivity index (χ3n) is 4.44. The van der Waals surface area contributed by atoms with Crippen LogP contribution in [0.5, 0.6) is 0 Å². The molecule has 8 nitrogen and oxygen atoms in total. The van der Waals surface area contributed by atoms with Crippen molar-refractivity contribution < 1.29 is 4.79 Å². The van der Waals surface area contributed by atoms with Crippen LogP contribution < -0.4 is 22.3 Å². The third kappa shape index (κ3) is 6.40. The molecule has 1 aliphatic rings. The van der Waals surface area contributed by atoms with Crippen LogP contribution in [0.25, 0.3) is 11.0 Å². The molecular weight excluding hydrogens is 380 g/mol. The lowest BCUT2D eigenvalue weighted by Gasteiger charge is -2.34. The molecule has 0 bridgehead atoms. The van der Waals surface area contributed by atoms with Crippen LogP contribution in [0.15, 0.2) is 58.3 Å². The summed E-state index contributed by atoms with van der Waals surface area (Å²) >= 11 is 0. The molecule has 3 rings (SSSR count). The van der Waals surface area contributed by atoms with Gasteiger partial charge in [0.2, 0.25) is 0 Å². The summed E-state index contributed by atoms with van der Waals surface area (Å²) in [4.78, 5) is 32.0. The van der Waals surface area contributed by atoms with Crippen LogP contribution in [-0.2, 0) is 17.8 Å². The fourth-order valence-corrected chi connectivity index (χ4v) is 3.02. The van der Waals surface area contributed by atoms with E-state index in [9.17, 15) is 9.59 Å². The summed E-state index contributed by atoms with van der Waals surface area (Å²) in [5, 5.41) is 2.75. The van der Waals surface area contributed by atoms with E-state index in [0.29, 0.717) is 18.4 Å². The zero-order chi connectivity index (χ0) is 22.1. The highest BCUT2D eigenvalue weighted by Crippen LogP contribution is 2.20. The number of carbonyl (C=O) groups excluding carboxylic acids is 1. The Balaban J connectivity index is 0.00000101. The Labute approximate surface area is 176 Å². The van der Waals surface area contributed by atoms with Crippen LogP contribution in [0, 0.1) is 0 Å². The van der Waals surface area contributed by atoms with Gasteiger partial charge in [0.05, 0.1) is 16.7 Å². The molecule has 0 amide bonds. The van der Waals surface area contributed by atoms with Crippen molar-refractivity contribution in [1.82, 2.24) is 20.2 Å². The largest absolute Gasteiger partial charge is 0.399 e. The Morgan fingerprint density at radius 1 is 1.23 bits per heavy atom. The Morgan fingerprint density at radius 3 is 2.53 bits per heavy atom. The highest BCUT2D eigenvalue weighted by atomic mass is 16.1. The van der Waals surface area contributed by atoms with Crippen molar-refractivity contribution in [1.29, 1.82) is 0 Å². The van der Waals surface area contributed by atoms with Gasteiger partial charge in [-0.2, -0.15) is 0 Å². The van der Waals surface area contributed by atoms with E-state index in [-0.39, 0.29) is 11.3 Å². The number of pyridine rings is 2. The molecule has 3 heterocycles. The predicted molar refractivity (Wildman–Crippen MR) is 121 cm³/mol. The minimum absolute atomic E-state index is 0.0513. The first-order valence-corrected chi connectivity index (χ1v) is 9.79. The summed E-state index contributed by atoms with van der Waals surface area (Å²) < 4.78 is 0. The topological polar surface area (TPSA) is 130 Å². The minimum atomic E-state index is -0.0513. The average molecular weight is 411 g/mol. The molecule has 0 spiro atoms. The normalized spacial score (nSPS) is 14.7. The molecule has 8 heteroatoms. The predicted octanol–water partition coefficient (Wildman–Crippen LogP) is 0.947. The van der Waals surface area contributed by atoms with Crippen molar-refractivity contribution in [2.24, 2.45) is 11.5 Å². The van der Waals surface area contributed by atoms with Crippen LogP contribution >= 0.6 is 0 Å². The van der Waals surface area contributed by atoms with Gasteiger partial charge in [0.15, 0.2) is 6.29 Å². The number of nitrogens with zero attached hydrogens (tertiary/aromatic N) is 2. The zero-order valence-corrected chi connectivity index (χ0v) is 17.7. The van der Waals surface area contributed by atoms with Gasteiger partial charge < -0.3 is 21.8 Å². The standard InChI is InChI=1S/C20H23N5O2.C2H7N/c1-2-15-7-18-19(24-20(15)27)6-13(8-23-18)9-25-10-14(11-25)5-16(21)3-4-17(22)12-26;1-3-2/h3-8,12H,2,9-11,21-22H2,1H3,(H,24,27);3H,1-2H3/b16-3-,17-4-;. The van der Waals surface area contributed by atoms with E-state index in [4.69, 9.17) is 11.5 Å². The lowest BCUT2D eigenvalue weighted by molar-refractivity contribution is -0.104. The van der Waals surface area contributed by atoms with E-state index in [1.165, 1.54) is 11.6 Å². The highest BCUT2D eigenvalue weighted by molar-refractivity contribution is 5.75. The molecule has 0 aromatic carbocycles. The monoisotopic (exact) mass is 410 g/mol. The number of H-pyrrole nitrogens is 1. The van der Waals surface area contributed by atoms with Gasteiger partial charge in [0.1, 0.15) is 0 Å². The van der Waals surface area contributed by atoms with Crippen LogP contribution in [0.1, 0.15) is 18.1 Å². The van der Waals surface area contributed by atoms with Gasteiger partial charge in [-0.05, 0) is 62.0 Å². The quantitative estimate of drug-likeness (QED) is 0.317. The van der Waals surface area contributed by atoms with E-state index in [0.717, 1.165) is 41.8 Å². The van der Waals surface area contributed by atoms with E-state index >= 15 is 0 Å². The highest BCUT2D eigenvalue weighted by Gasteiger charge is 2.20. The number of aldehydes is 1. The SMILES string of the molecule is CCc1cc2ncc(CN3CC(=C/C(N)=C/C=C(\N)C=O)C3)cc2[nH]c1=O.CNC. The van der Waals surface area contributed by atoms with Gasteiger partial charge in [-0.15, -0.1) is 0 Å². The second-order valence-corrected chi connectivity index (χ2v) is 7.15. The molecule has 2 aromatic rings. The first-order chi connectivity index (χ1) is 14.4. The second kappa shape index (κ2) is 11.1. The number of hydrogen-bond donors (Lipinski definition) is 4. The van der Waals surface area contributed by atoms with Gasteiger partial charge in [-0.3, -0.25) is 19.5 Å². The Hall–Kier alpha value is -3.23. The summed E-state index contributed by atoms with van der Waals surface area (Å²) in [7, 11) is 3.75. The molecule has 0 saturated carbocycles. The Bertz CT molecular complexity index is 1030. The van der Waals surface area contributed by atoms with Crippen LogP contribution in [0.2, 0.25) is 0 Å². The molecule has 1 saturated heterocycles. The van der Waals surface area contributed by atoms with Crippen molar-refractivity contribution >= 4 is 17.3 Å². The van der Waals surface area contributed by atoms with Crippen LogP contribution in [0.4, 0.5) is 0 Å². The molecular formula is C22H30N6O2. The molecule has 160 valence electrons. The molecule has 0 atom stereocenters. The summed E-state index contributed by atoms with van der Waals surface area (Å²) in [5.74, 6) is 0. The van der Waals surface area contributed by atoms with Gasteiger partial charge in [0.25, 0.3) is 5.56 Å². The first kappa shape index (κ1) is 23.1. The second-order valence-electron chi connectivity index (χ2n) is 7.15. The van der Waals surface area contributed by atoms with E-state index in [1.807, 2.05) is 45.4 Å². The van der Waals surface area contributed by atoms with Crippen molar-refractivity contribution in [2.45, 2.75) is 19.9 Å². The molecule has 1 fully saturated rings. The number of nitrogens with two attached hydrogens (primary N) is 2. The van der Waals surface area contributed by atoms with Gasteiger partial charge in [0, 0.05) is 37.1 Å². The number of nitrogens with one attached hydrogen (secondary N) is 2. The van der Waals surface area contributed by atoms with Gasteiger partial charge in [-0.25, -0.2) is 0 Å². The molecule has 1 aliphatic heterocycles. The number of carbonyl (C=O) groups is 1. The number of likely N-dealkylation sites (tertiary alicyclic amines) is 1. The maximum absolute atomic E-state index is 12.0. The molecule has 2 aromatic heterocycles. The van der Waals surface area contributed by atoms with Crippen LogP contribution in [0.3, 0.4) is 0 Å². The fourth-order valence-electron chi connectivity index (χ4n) is 3.02. The number of aryl methyl sites for hydroxylation is 1. The first-order valence-electron chi connectivity index (χ1n) is 9.79. The number of aromatic nitrogens is 2. The Morgan fingerprint density at radius 2 is 1.90 bits per heavy atom. The van der Waals surface area contributed by atoms with Crippen molar-refractivity contribution in [3.05, 3.63) is 75.0 Å². The molecule has 0 unspecified atom stereocenters. The summed E-state index contributed by atoms with van der Waals surface area (Å²) in [6, 6.07) is 3.83. The summed E-state index contributed by atoms with van der Waals surface area (Å²) in [6.07, 6.45) is 8.12. The fraction of sp³-hybridized carbons (Fsp3) is 0.318. The van der Waals surface area contributed by atoms with Gasteiger partial charge in [-0.1, -0.05) is 6.92 Å². The summed E-state index contributed by atoms with van der Waals surface area (Å²) in [6.45, 7) is 4.32.